The summed E-state index contributed by atoms with van der Waals surface area (Å²) >= 11 is 0. The summed E-state index contributed by atoms with van der Waals surface area (Å²) in [5.41, 5.74) is 1.28. The van der Waals surface area contributed by atoms with Crippen LogP contribution < -0.4 is 10.1 Å². The second kappa shape index (κ2) is 5.96. The van der Waals surface area contributed by atoms with E-state index < -0.39 is 0 Å². The Balaban J connectivity index is 1.49. The Kier molecular flexibility index (Phi) is 4.07. The summed E-state index contributed by atoms with van der Waals surface area (Å²) < 4.78 is 5.67. The van der Waals surface area contributed by atoms with Gasteiger partial charge in [0.15, 0.2) is 0 Å². The molecule has 2 aliphatic carbocycles. The molecule has 2 saturated carbocycles. The van der Waals surface area contributed by atoms with Crippen LogP contribution in [0.15, 0.2) is 24.3 Å². The van der Waals surface area contributed by atoms with Gasteiger partial charge in [0, 0.05) is 12.1 Å². The summed E-state index contributed by atoms with van der Waals surface area (Å²) in [6, 6.07) is 8.37. The van der Waals surface area contributed by atoms with Gasteiger partial charge >= 0.3 is 0 Å². The third kappa shape index (κ3) is 2.94. The quantitative estimate of drug-likeness (QED) is 0.842. The van der Waals surface area contributed by atoms with Crippen LogP contribution >= 0.6 is 0 Å². The maximum atomic E-state index is 5.67. The predicted molar refractivity (Wildman–Crippen MR) is 78.3 cm³/mol. The SMILES string of the molecule is CCOc1ccccc1CNCC1CC2CCC1C2. The second-order valence-electron chi connectivity index (χ2n) is 6.11. The van der Waals surface area contributed by atoms with E-state index in [1.807, 2.05) is 13.0 Å². The topological polar surface area (TPSA) is 21.3 Å². The van der Waals surface area contributed by atoms with Crippen molar-refractivity contribution in [2.75, 3.05) is 13.2 Å². The number of fused-ring (bicyclic) bond motifs is 2. The summed E-state index contributed by atoms with van der Waals surface area (Å²) in [5, 5.41) is 3.65. The number of nitrogens with one attached hydrogen (secondary N) is 1. The number of benzene rings is 1. The molecule has 3 atom stereocenters. The average molecular weight is 259 g/mol. The molecule has 2 bridgehead atoms. The molecule has 104 valence electrons. The van der Waals surface area contributed by atoms with Crippen LogP contribution in [-0.4, -0.2) is 13.2 Å². The van der Waals surface area contributed by atoms with Crippen molar-refractivity contribution in [3.63, 3.8) is 0 Å². The van der Waals surface area contributed by atoms with E-state index in [-0.39, 0.29) is 0 Å². The van der Waals surface area contributed by atoms with Crippen LogP contribution in [0.25, 0.3) is 0 Å². The van der Waals surface area contributed by atoms with Gasteiger partial charge in [-0.25, -0.2) is 0 Å². The van der Waals surface area contributed by atoms with Crippen LogP contribution in [0.3, 0.4) is 0 Å². The fourth-order valence-corrected chi connectivity index (χ4v) is 3.96. The third-order valence-corrected chi connectivity index (χ3v) is 4.88. The second-order valence-corrected chi connectivity index (χ2v) is 6.11. The molecule has 1 aromatic rings. The summed E-state index contributed by atoms with van der Waals surface area (Å²) in [4.78, 5) is 0. The first-order valence-corrected chi connectivity index (χ1v) is 7.78. The van der Waals surface area contributed by atoms with Crippen molar-refractivity contribution in [2.45, 2.75) is 39.2 Å². The number of para-hydroxylation sites is 1. The zero-order chi connectivity index (χ0) is 13.1. The monoisotopic (exact) mass is 259 g/mol. The molecular weight excluding hydrogens is 234 g/mol. The maximum Gasteiger partial charge on any atom is 0.123 e. The molecule has 0 aromatic heterocycles. The molecule has 0 spiro atoms. The van der Waals surface area contributed by atoms with E-state index in [1.54, 1.807) is 0 Å². The molecule has 2 heteroatoms. The van der Waals surface area contributed by atoms with Crippen molar-refractivity contribution in [1.29, 1.82) is 0 Å². The van der Waals surface area contributed by atoms with E-state index in [9.17, 15) is 0 Å². The molecule has 0 heterocycles. The first-order chi connectivity index (χ1) is 9.36. The highest BCUT2D eigenvalue weighted by molar-refractivity contribution is 5.33. The lowest BCUT2D eigenvalue weighted by atomic mass is 9.89. The van der Waals surface area contributed by atoms with Crippen molar-refractivity contribution in [3.05, 3.63) is 29.8 Å². The first-order valence-electron chi connectivity index (χ1n) is 7.78. The number of rotatable bonds is 6. The van der Waals surface area contributed by atoms with Gasteiger partial charge in [0.1, 0.15) is 5.75 Å². The highest BCUT2D eigenvalue weighted by atomic mass is 16.5. The highest BCUT2D eigenvalue weighted by Gasteiger charge is 2.38. The molecule has 1 N–H and O–H groups in total. The van der Waals surface area contributed by atoms with Gasteiger partial charge in [0.2, 0.25) is 0 Å². The van der Waals surface area contributed by atoms with Crippen LogP contribution in [0.5, 0.6) is 5.75 Å². The Bertz CT molecular complexity index is 417. The summed E-state index contributed by atoms with van der Waals surface area (Å²) in [5.74, 6) is 4.02. The van der Waals surface area contributed by atoms with Crippen molar-refractivity contribution in [3.8, 4) is 5.75 Å². The summed E-state index contributed by atoms with van der Waals surface area (Å²) in [6.45, 7) is 4.90. The van der Waals surface area contributed by atoms with Gasteiger partial charge in [-0.1, -0.05) is 24.6 Å². The Labute approximate surface area is 116 Å². The molecule has 2 fully saturated rings. The maximum absolute atomic E-state index is 5.67. The Morgan fingerprint density at radius 3 is 2.84 bits per heavy atom. The molecule has 0 amide bonds. The van der Waals surface area contributed by atoms with Gasteiger partial charge in [0.05, 0.1) is 6.61 Å². The van der Waals surface area contributed by atoms with Gasteiger partial charge in [0.25, 0.3) is 0 Å². The van der Waals surface area contributed by atoms with Crippen LogP contribution in [0.2, 0.25) is 0 Å². The summed E-state index contributed by atoms with van der Waals surface area (Å²) in [7, 11) is 0. The predicted octanol–water partition coefficient (Wildman–Crippen LogP) is 3.61. The zero-order valence-electron chi connectivity index (χ0n) is 11.9. The van der Waals surface area contributed by atoms with Crippen LogP contribution in [0, 0.1) is 17.8 Å². The lowest BCUT2D eigenvalue weighted by Crippen LogP contribution is -2.26. The molecule has 0 saturated heterocycles. The van der Waals surface area contributed by atoms with Crippen molar-refractivity contribution >= 4 is 0 Å². The Hall–Kier alpha value is -1.02. The minimum Gasteiger partial charge on any atom is -0.494 e. The van der Waals surface area contributed by atoms with Gasteiger partial charge in [-0.05, 0) is 56.6 Å². The molecule has 3 unspecified atom stereocenters. The number of hydrogen-bond acceptors (Lipinski definition) is 2. The number of hydrogen-bond donors (Lipinski definition) is 1. The van der Waals surface area contributed by atoms with E-state index in [4.69, 9.17) is 4.74 Å². The minimum atomic E-state index is 0.739. The molecule has 2 nitrogen and oxygen atoms in total. The standard InChI is InChI=1S/C17H25NO/c1-2-19-17-6-4-3-5-15(17)11-18-12-16-10-13-7-8-14(16)9-13/h3-6,13-14,16,18H,2,7-12H2,1H3. The normalized spacial score (nSPS) is 28.8. The van der Waals surface area contributed by atoms with Gasteiger partial charge in [-0.15, -0.1) is 0 Å². The van der Waals surface area contributed by atoms with Crippen LogP contribution in [0.1, 0.15) is 38.2 Å². The van der Waals surface area contributed by atoms with Crippen LogP contribution in [-0.2, 0) is 6.54 Å². The van der Waals surface area contributed by atoms with E-state index in [0.29, 0.717) is 0 Å². The van der Waals surface area contributed by atoms with E-state index in [2.05, 4.69) is 23.5 Å². The van der Waals surface area contributed by atoms with Gasteiger partial charge < -0.3 is 10.1 Å². The Morgan fingerprint density at radius 1 is 1.21 bits per heavy atom. The van der Waals surface area contributed by atoms with E-state index >= 15 is 0 Å². The van der Waals surface area contributed by atoms with Crippen molar-refractivity contribution < 1.29 is 4.74 Å². The van der Waals surface area contributed by atoms with Gasteiger partial charge in [-0.3, -0.25) is 0 Å². The fourth-order valence-electron chi connectivity index (χ4n) is 3.96. The largest absolute Gasteiger partial charge is 0.494 e. The zero-order valence-corrected chi connectivity index (χ0v) is 11.9. The molecule has 19 heavy (non-hydrogen) atoms. The van der Waals surface area contributed by atoms with Crippen molar-refractivity contribution in [1.82, 2.24) is 5.32 Å². The lowest BCUT2D eigenvalue weighted by Gasteiger charge is -2.22. The summed E-state index contributed by atoms with van der Waals surface area (Å²) in [6.07, 6.45) is 5.94. The lowest BCUT2D eigenvalue weighted by molar-refractivity contribution is 0.314. The van der Waals surface area contributed by atoms with E-state index in [0.717, 1.165) is 36.7 Å². The van der Waals surface area contributed by atoms with E-state index in [1.165, 1.54) is 37.8 Å². The molecule has 0 aliphatic heterocycles. The first kappa shape index (κ1) is 13.0. The smallest absolute Gasteiger partial charge is 0.123 e. The minimum absolute atomic E-state index is 0.739. The third-order valence-electron chi connectivity index (χ3n) is 4.88. The molecule has 3 rings (SSSR count). The fraction of sp³-hybridized carbons (Fsp3) is 0.647. The highest BCUT2D eigenvalue weighted by Crippen LogP contribution is 2.47. The van der Waals surface area contributed by atoms with Crippen LogP contribution in [0.4, 0.5) is 0 Å². The molecule has 0 radical (unpaired) electrons. The van der Waals surface area contributed by atoms with Crippen molar-refractivity contribution in [2.24, 2.45) is 17.8 Å². The Morgan fingerprint density at radius 2 is 2.11 bits per heavy atom. The molecular formula is C17H25NO. The molecule has 1 aromatic carbocycles. The van der Waals surface area contributed by atoms with Gasteiger partial charge in [-0.2, -0.15) is 0 Å². The molecule has 2 aliphatic rings. The average Bonchev–Trinajstić information content (AvgIpc) is 3.03. The number of ether oxygens (including phenoxy) is 1.